The highest BCUT2D eigenvalue weighted by atomic mass is 16.4. The molecule has 0 aromatic heterocycles. The van der Waals surface area contributed by atoms with Crippen molar-refractivity contribution >= 4 is 5.97 Å². The zero-order valence-electron chi connectivity index (χ0n) is 12.3. The molecule has 2 atom stereocenters. The highest BCUT2D eigenvalue weighted by Crippen LogP contribution is 2.25. The average molecular weight is 256 g/mol. The second-order valence-corrected chi connectivity index (χ2v) is 6.23. The topological polar surface area (TPSA) is 43.8 Å². The van der Waals surface area contributed by atoms with Crippen molar-refractivity contribution in [2.75, 3.05) is 40.3 Å². The first-order chi connectivity index (χ1) is 8.37. The molecule has 0 saturated carbocycles. The van der Waals surface area contributed by atoms with Crippen molar-refractivity contribution in [1.82, 2.24) is 9.80 Å². The van der Waals surface area contributed by atoms with Gasteiger partial charge in [-0.3, -0.25) is 4.79 Å². The number of nitrogens with zero attached hydrogens (tertiary/aromatic N) is 2. The summed E-state index contributed by atoms with van der Waals surface area (Å²) in [6, 6.07) is 0. The lowest BCUT2D eigenvalue weighted by Gasteiger charge is -2.31. The van der Waals surface area contributed by atoms with Crippen LogP contribution >= 0.6 is 0 Å². The van der Waals surface area contributed by atoms with Crippen LogP contribution < -0.4 is 0 Å². The number of hydrogen-bond acceptors (Lipinski definition) is 3. The molecule has 1 fully saturated rings. The van der Waals surface area contributed by atoms with Gasteiger partial charge in [0.25, 0.3) is 0 Å². The maximum Gasteiger partial charge on any atom is 0.310 e. The fraction of sp³-hybridized carbons (Fsp3) is 0.929. The summed E-state index contributed by atoms with van der Waals surface area (Å²) in [5.41, 5.74) is -0.603. The van der Waals surface area contributed by atoms with Crippen molar-refractivity contribution in [1.29, 1.82) is 0 Å². The molecular weight excluding hydrogens is 228 g/mol. The van der Waals surface area contributed by atoms with Crippen molar-refractivity contribution in [2.24, 2.45) is 11.3 Å². The van der Waals surface area contributed by atoms with E-state index in [1.165, 1.54) is 13.0 Å². The van der Waals surface area contributed by atoms with Crippen molar-refractivity contribution in [2.45, 2.75) is 33.1 Å². The van der Waals surface area contributed by atoms with Crippen LogP contribution in [-0.2, 0) is 4.79 Å². The Morgan fingerprint density at radius 2 is 2.22 bits per heavy atom. The van der Waals surface area contributed by atoms with E-state index in [1.807, 2.05) is 13.8 Å². The number of aliphatic carboxylic acids is 1. The van der Waals surface area contributed by atoms with Gasteiger partial charge in [-0.1, -0.05) is 13.3 Å². The molecule has 1 rings (SSSR count). The van der Waals surface area contributed by atoms with Crippen LogP contribution in [0.25, 0.3) is 0 Å². The molecule has 0 aliphatic carbocycles. The second kappa shape index (κ2) is 6.53. The van der Waals surface area contributed by atoms with Gasteiger partial charge in [0.2, 0.25) is 0 Å². The van der Waals surface area contributed by atoms with E-state index in [1.54, 1.807) is 0 Å². The van der Waals surface area contributed by atoms with Gasteiger partial charge in [-0.15, -0.1) is 0 Å². The largest absolute Gasteiger partial charge is 0.481 e. The highest BCUT2D eigenvalue weighted by Gasteiger charge is 2.34. The normalized spacial score (nSPS) is 24.4. The molecule has 1 saturated heterocycles. The molecule has 0 spiro atoms. The molecule has 1 heterocycles. The fourth-order valence-electron chi connectivity index (χ4n) is 3.08. The van der Waals surface area contributed by atoms with Crippen LogP contribution in [0.4, 0.5) is 0 Å². The maximum atomic E-state index is 11.4. The highest BCUT2D eigenvalue weighted by molar-refractivity contribution is 5.74. The third-order valence-electron chi connectivity index (χ3n) is 4.00. The molecular formula is C14H28N2O2. The minimum atomic E-state index is -0.667. The molecule has 18 heavy (non-hydrogen) atoms. The SMILES string of the molecule is CCCC(C)(CN(C)CC1CCN(C)C1)C(=O)O. The first-order valence-electron chi connectivity index (χ1n) is 6.98. The average Bonchev–Trinajstić information content (AvgIpc) is 2.63. The Labute approximate surface area is 111 Å². The smallest absolute Gasteiger partial charge is 0.310 e. The van der Waals surface area contributed by atoms with Crippen LogP contribution in [-0.4, -0.2) is 61.2 Å². The van der Waals surface area contributed by atoms with E-state index >= 15 is 0 Å². The summed E-state index contributed by atoms with van der Waals surface area (Å²) >= 11 is 0. The molecule has 4 heteroatoms. The van der Waals surface area contributed by atoms with Gasteiger partial charge in [-0.25, -0.2) is 0 Å². The van der Waals surface area contributed by atoms with Crippen LogP contribution in [0.5, 0.6) is 0 Å². The first kappa shape index (κ1) is 15.4. The van der Waals surface area contributed by atoms with E-state index in [0.29, 0.717) is 12.5 Å². The summed E-state index contributed by atoms with van der Waals surface area (Å²) in [7, 11) is 4.20. The van der Waals surface area contributed by atoms with Crippen LogP contribution in [0.3, 0.4) is 0 Å². The molecule has 0 radical (unpaired) electrons. The molecule has 1 N–H and O–H groups in total. The lowest BCUT2D eigenvalue weighted by atomic mass is 9.85. The van der Waals surface area contributed by atoms with Gasteiger partial charge >= 0.3 is 5.97 Å². The van der Waals surface area contributed by atoms with Gasteiger partial charge in [-0.05, 0) is 46.3 Å². The predicted molar refractivity (Wildman–Crippen MR) is 73.8 cm³/mol. The molecule has 106 valence electrons. The van der Waals surface area contributed by atoms with Crippen LogP contribution in [0.2, 0.25) is 0 Å². The third kappa shape index (κ3) is 4.25. The lowest BCUT2D eigenvalue weighted by Crippen LogP contribution is -2.41. The number of carboxylic acid groups (broad SMARTS) is 1. The Bertz CT molecular complexity index is 283. The minimum absolute atomic E-state index is 0.603. The second-order valence-electron chi connectivity index (χ2n) is 6.23. The number of carbonyl (C=O) groups is 1. The molecule has 0 aromatic rings. The van der Waals surface area contributed by atoms with Gasteiger partial charge in [0.1, 0.15) is 0 Å². The lowest BCUT2D eigenvalue weighted by molar-refractivity contribution is -0.149. The van der Waals surface area contributed by atoms with Crippen molar-refractivity contribution in [3.05, 3.63) is 0 Å². The molecule has 1 aliphatic rings. The monoisotopic (exact) mass is 256 g/mol. The van der Waals surface area contributed by atoms with Gasteiger partial charge in [0.05, 0.1) is 5.41 Å². The quantitative estimate of drug-likeness (QED) is 0.754. The van der Waals surface area contributed by atoms with Crippen LogP contribution in [0, 0.1) is 11.3 Å². The molecule has 1 aliphatic heterocycles. The number of carboxylic acids is 1. The third-order valence-corrected chi connectivity index (χ3v) is 4.00. The molecule has 0 bridgehead atoms. The zero-order chi connectivity index (χ0) is 13.8. The van der Waals surface area contributed by atoms with Gasteiger partial charge < -0.3 is 14.9 Å². The molecule has 0 aromatic carbocycles. The summed E-state index contributed by atoms with van der Waals surface area (Å²) in [5.74, 6) is 0.0272. The minimum Gasteiger partial charge on any atom is -0.481 e. The van der Waals surface area contributed by atoms with E-state index in [9.17, 15) is 9.90 Å². The van der Waals surface area contributed by atoms with E-state index < -0.39 is 11.4 Å². The van der Waals surface area contributed by atoms with Crippen LogP contribution in [0.15, 0.2) is 0 Å². The van der Waals surface area contributed by atoms with Gasteiger partial charge in [-0.2, -0.15) is 0 Å². The van der Waals surface area contributed by atoms with E-state index in [4.69, 9.17) is 0 Å². The van der Waals surface area contributed by atoms with Crippen molar-refractivity contribution < 1.29 is 9.90 Å². The number of rotatable bonds is 7. The summed E-state index contributed by atoms with van der Waals surface area (Å²) in [4.78, 5) is 16.0. The Balaban J connectivity index is 2.46. The summed E-state index contributed by atoms with van der Waals surface area (Å²) in [6.07, 6.45) is 2.90. The number of hydrogen-bond donors (Lipinski definition) is 1. The molecule has 2 unspecified atom stereocenters. The van der Waals surface area contributed by atoms with E-state index in [0.717, 1.165) is 25.9 Å². The van der Waals surface area contributed by atoms with Crippen molar-refractivity contribution in [3.63, 3.8) is 0 Å². The Morgan fingerprint density at radius 1 is 1.56 bits per heavy atom. The van der Waals surface area contributed by atoms with E-state index in [2.05, 4.69) is 23.9 Å². The standard InChI is InChI=1S/C14H28N2O2/c1-5-7-14(2,13(17)18)11-16(4)10-12-6-8-15(3)9-12/h12H,5-11H2,1-4H3,(H,17,18). The Morgan fingerprint density at radius 3 is 2.67 bits per heavy atom. The van der Waals surface area contributed by atoms with Crippen LogP contribution in [0.1, 0.15) is 33.1 Å². The Hall–Kier alpha value is -0.610. The van der Waals surface area contributed by atoms with Gasteiger partial charge in [0.15, 0.2) is 0 Å². The molecule has 0 amide bonds. The summed E-state index contributed by atoms with van der Waals surface area (Å²) in [6.45, 7) is 7.89. The number of likely N-dealkylation sites (tertiary alicyclic amines) is 1. The zero-order valence-corrected chi connectivity index (χ0v) is 12.3. The van der Waals surface area contributed by atoms with E-state index in [-0.39, 0.29) is 0 Å². The maximum absolute atomic E-state index is 11.4. The fourth-order valence-corrected chi connectivity index (χ4v) is 3.08. The first-order valence-corrected chi connectivity index (χ1v) is 6.98. The van der Waals surface area contributed by atoms with Crippen molar-refractivity contribution in [3.8, 4) is 0 Å². The summed E-state index contributed by atoms with van der Waals surface area (Å²) in [5, 5.41) is 9.38. The predicted octanol–water partition coefficient (Wildman–Crippen LogP) is 1.76. The van der Waals surface area contributed by atoms with Gasteiger partial charge in [0, 0.05) is 19.6 Å². The summed E-state index contributed by atoms with van der Waals surface area (Å²) < 4.78 is 0. The Kier molecular flexibility index (Phi) is 5.60. The molecule has 4 nitrogen and oxygen atoms in total.